The SMILES string of the molecule is N[C@]1(CN2CCC(c3ccncc3)CC2)C(Br)=CC(C(=O)CCC(=O)O)=C[C@H]1Br. The summed E-state index contributed by atoms with van der Waals surface area (Å²) in [5.41, 5.74) is 7.90. The zero-order chi connectivity index (χ0) is 21.0. The number of piperidine rings is 1. The second-order valence-corrected chi connectivity index (χ2v) is 9.55. The van der Waals surface area contributed by atoms with Gasteiger partial charge in [0.05, 0.1) is 16.8 Å². The van der Waals surface area contributed by atoms with Crippen LogP contribution in [-0.2, 0) is 9.59 Å². The van der Waals surface area contributed by atoms with E-state index in [1.54, 1.807) is 12.2 Å². The van der Waals surface area contributed by atoms with E-state index in [0.29, 0.717) is 18.0 Å². The fraction of sp³-hybridized carbons (Fsp3) is 0.476. The number of Topliss-reactive ketones (excluding diaryl/α,β-unsaturated/α-hetero) is 1. The van der Waals surface area contributed by atoms with Gasteiger partial charge >= 0.3 is 5.97 Å². The first-order valence-corrected chi connectivity index (χ1v) is 11.4. The van der Waals surface area contributed by atoms with Crippen LogP contribution in [0.5, 0.6) is 0 Å². The fourth-order valence-electron chi connectivity index (χ4n) is 3.89. The number of halogens is 2. The van der Waals surface area contributed by atoms with Crippen molar-refractivity contribution in [1.82, 2.24) is 9.88 Å². The van der Waals surface area contributed by atoms with E-state index in [2.05, 4.69) is 53.9 Å². The number of likely N-dealkylation sites (tertiary alicyclic amines) is 1. The van der Waals surface area contributed by atoms with Crippen molar-refractivity contribution in [2.24, 2.45) is 5.73 Å². The highest BCUT2D eigenvalue weighted by Crippen LogP contribution is 2.37. The monoisotopic (exact) mass is 525 g/mol. The van der Waals surface area contributed by atoms with Gasteiger partial charge in [-0.25, -0.2) is 0 Å². The molecule has 0 unspecified atom stereocenters. The highest BCUT2D eigenvalue weighted by molar-refractivity contribution is 9.12. The normalized spacial score (nSPS) is 26.0. The number of nitrogens with two attached hydrogens (primary N) is 1. The van der Waals surface area contributed by atoms with Crippen LogP contribution in [-0.4, -0.2) is 56.7 Å². The Hall–Kier alpha value is -1.35. The van der Waals surface area contributed by atoms with Crippen molar-refractivity contribution in [3.05, 3.63) is 52.3 Å². The van der Waals surface area contributed by atoms with Gasteiger partial charge in [0.15, 0.2) is 5.78 Å². The maximum atomic E-state index is 12.3. The quantitative estimate of drug-likeness (QED) is 0.529. The zero-order valence-corrected chi connectivity index (χ0v) is 19.2. The highest BCUT2D eigenvalue weighted by Gasteiger charge is 2.40. The molecular formula is C21H25Br2N3O3. The largest absolute Gasteiger partial charge is 0.481 e. The Bertz CT molecular complexity index is 820. The molecular weight excluding hydrogens is 502 g/mol. The topological polar surface area (TPSA) is 96.5 Å². The van der Waals surface area contributed by atoms with E-state index >= 15 is 0 Å². The third kappa shape index (κ3) is 5.42. The van der Waals surface area contributed by atoms with E-state index in [1.165, 1.54) is 5.56 Å². The van der Waals surface area contributed by atoms with Crippen molar-refractivity contribution in [3.63, 3.8) is 0 Å². The number of carboxylic acids is 1. The zero-order valence-electron chi connectivity index (χ0n) is 16.1. The molecule has 6 nitrogen and oxygen atoms in total. The van der Waals surface area contributed by atoms with Crippen LogP contribution < -0.4 is 5.73 Å². The predicted octanol–water partition coefficient (Wildman–Crippen LogP) is 3.37. The molecule has 0 amide bonds. The molecule has 156 valence electrons. The van der Waals surface area contributed by atoms with Gasteiger partial charge < -0.3 is 15.7 Å². The minimum absolute atomic E-state index is 0.0161. The molecule has 0 saturated carbocycles. The summed E-state index contributed by atoms with van der Waals surface area (Å²) in [5, 5.41) is 8.79. The summed E-state index contributed by atoms with van der Waals surface area (Å²) in [4.78, 5) is 29.2. The minimum Gasteiger partial charge on any atom is -0.481 e. The molecule has 1 aliphatic heterocycles. The lowest BCUT2D eigenvalue weighted by atomic mass is 9.85. The molecule has 0 radical (unpaired) electrons. The maximum absolute atomic E-state index is 12.3. The molecule has 2 heterocycles. The van der Waals surface area contributed by atoms with E-state index in [-0.39, 0.29) is 23.5 Å². The van der Waals surface area contributed by atoms with Crippen LogP contribution in [0.4, 0.5) is 0 Å². The van der Waals surface area contributed by atoms with Crippen molar-refractivity contribution in [2.45, 2.75) is 42.0 Å². The Balaban J connectivity index is 1.61. The predicted molar refractivity (Wildman–Crippen MR) is 119 cm³/mol. The number of aromatic nitrogens is 1. The van der Waals surface area contributed by atoms with Crippen molar-refractivity contribution < 1.29 is 14.7 Å². The van der Waals surface area contributed by atoms with E-state index in [1.807, 2.05) is 12.4 Å². The van der Waals surface area contributed by atoms with E-state index in [4.69, 9.17) is 10.8 Å². The summed E-state index contributed by atoms with van der Waals surface area (Å²) in [6.07, 6.45) is 9.19. The molecule has 1 aromatic heterocycles. The number of hydrogen-bond acceptors (Lipinski definition) is 5. The maximum Gasteiger partial charge on any atom is 0.303 e. The molecule has 2 aliphatic rings. The van der Waals surface area contributed by atoms with Gasteiger partial charge in [0, 0.05) is 35.4 Å². The summed E-state index contributed by atoms with van der Waals surface area (Å²) in [5.74, 6) is -0.614. The molecule has 0 spiro atoms. The highest BCUT2D eigenvalue weighted by atomic mass is 79.9. The Morgan fingerprint density at radius 1 is 1.24 bits per heavy atom. The van der Waals surface area contributed by atoms with Crippen LogP contribution in [0.2, 0.25) is 0 Å². The molecule has 3 rings (SSSR count). The minimum atomic E-state index is -0.975. The van der Waals surface area contributed by atoms with Crippen LogP contribution in [0.1, 0.15) is 37.2 Å². The van der Waals surface area contributed by atoms with Crippen molar-refractivity contribution in [3.8, 4) is 0 Å². The molecule has 1 saturated heterocycles. The van der Waals surface area contributed by atoms with E-state index in [9.17, 15) is 9.59 Å². The number of hydrogen-bond donors (Lipinski definition) is 2. The Morgan fingerprint density at radius 2 is 1.90 bits per heavy atom. The molecule has 1 fully saturated rings. The fourth-order valence-corrected chi connectivity index (χ4v) is 5.49. The standard InChI is InChI=1S/C21H25Br2N3O3/c22-18-11-16(17(27)1-2-20(28)29)12-19(23)21(18,24)13-26-9-5-15(6-10-26)14-3-7-25-8-4-14/h3-4,7-8,11-12,15,18H,1-2,5-6,9-10,13,24H2,(H,28,29)/t18-,21+/m1/s1. The number of aliphatic carboxylic acids is 1. The second kappa shape index (κ2) is 9.64. The first kappa shape index (κ1) is 22.3. The molecule has 0 aromatic carbocycles. The number of ketones is 1. The number of carbonyl (C=O) groups is 2. The first-order valence-electron chi connectivity index (χ1n) is 9.69. The van der Waals surface area contributed by atoms with Gasteiger partial charge in [-0.3, -0.25) is 14.6 Å². The average molecular weight is 527 g/mol. The van der Waals surface area contributed by atoms with Gasteiger partial charge in [0.25, 0.3) is 0 Å². The third-order valence-corrected chi connectivity index (χ3v) is 7.73. The van der Waals surface area contributed by atoms with Crippen LogP contribution in [0.25, 0.3) is 0 Å². The number of carboxylic acid groups (broad SMARTS) is 1. The molecule has 0 bridgehead atoms. The summed E-state index contributed by atoms with van der Waals surface area (Å²) < 4.78 is 0.754. The summed E-state index contributed by atoms with van der Waals surface area (Å²) >= 11 is 7.22. The lowest BCUT2D eigenvalue weighted by molar-refractivity contribution is -0.138. The van der Waals surface area contributed by atoms with E-state index in [0.717, 1.165) is 30.4 Å². The van der Waals surface area contributed by atoms with Crippen molar-refractivity contribution in [1.29, 1.82) is 0 Å². The third-order valence-electron chi connectivity index (χ3n) is 5.68. The number of nitrogens with zero attached hydrogens (tertiary/aromatic N) is 2. The smallest absolute Gasteiger partial charge is 0.303 e. The van der Waals surface area contributed by atoms with Gasteiger partial charge in [0.2, 0.25) is 0 Å². The summed E-state index contributed by atoms with van der Waals surface area (Å²) in [6.45, 7) is 2.58. The van der Waals surface area contributed by atoms with Gasteiger partial charge in [-0.1, -0.05) is 37.9 Å². The molecule has 29 heavy (non-hydrogen) atoms. The number of carbonyl (C=O) groups excluding carboxylic acids is 1. The lowest BCUT2D eigenvalue weighted by Crippen LogP contribution is -2.58. The Morgan fingerprint density at radius 3 is 2.48 bits per heavy atom. The Labute approximate surface area is 187 Å². The van der Waals surface area contributed by atoms with Gasteiger partial charge in [-0.2, -0.15) is 0 Å². The van der Waals surface area contributed by atoms with Crippen LogP contribution in [0.3, 0.4) is 0 Å². The van der Waals surface area contributed by atoms with Crippen molar-refractivity contribution >= 4 is 43.6 Å². The molecule has 2 atom stereocenters. The summed E-state index contributed by atoms with van der Waals surface area (Å²) in [7, 11) is 0. The molecule has 8 heteroatoms. The van der Waals surface area contributed by atoms with Crippen molar-refractivity contribution in [2.75, 3.05) is 19.6 Å². The van der Waals surface area contributed by atoms with Gasteiger partial charge in [-0.05, 0) is 55.6 Å². The number of allylic oxidation sites excluding steroid dienone is 2. The summed E-state index contributed by atoms with van der Waals surface area (Å²) in [6, 6.07) is 4.18. The first-order chi connectivity index (χ1) is 13.8. The number of pyridine rings is 1. The Kier molecular flexibility index (Phi) is 7.42. The number of alkyl halides is 1. The van der Waals surface area contributed by atoms with Crippen LogP contribution in [0, 0.1) is 0 Å². The molecule has 3 N–H and O–H groups in total. The van der Waals surface area contributed by atoms with Crippen LogP contribution >= 0.6 is 31.9 Å². The average Bonchev–Trinajstić information content (AvgIpc) is 2.71. The number of rotatable bonds is 7. The van der Waals surface area contributed by atoms with Gasteiger partial charge in [-0.15, -0.1) is 0 Å². The lowest BCUT2D eigenvalue weighted by Gasteiger charge is -2.42. The van der Waals surface area contributed by atoms with Gasteiger partial charge in [0.1, 0.15) is 0 Å². The van der Waals surface area contributed by atoms with Crippen LogP contribution in [0.15, 0.2) is 46.7 Å². The molecule has 1 aliphatic carbocycles. The van der Waals surface area contributed by atoms with E-state index < -0.39 is 11.5 Å². The second-order valence-electron chi connectivity index (χ2n) is 7.70. The molecule has 1 aromatic rings.